The van der Waals surface area contributed by atoms with Crippen molar-refractivity contribution in [2.45, 2.75) is 0 Å². The molecule has 2 rings (SSSR count). The third-order valence-corrected chi connectivity index (χ3v) is 2.72. The predicted molar refractivity (Wildman–Crippen MR) is 58.8 cm³/mol. The van der Waals surface area contributed by atoms with Crippen molar-refractivity contribution in [3.63, 3.8) is 0 Å². The lowest BCUT2D eigenvalue weighted by molar-refractivity contribution is 0.0302. The Balaban J connectivity index is 2.29. The fraction of sp³-hybridized carbons (Fsp3) is 0.400. The summed E-state index contributed by atoms with van der Waals surface area (Å²) in [7, 11) is 0. The summed E-state index contributed by atoms with van der Waals surface area (Å²) in [6, 6.07) is 1.29. The first-order valence-corrected chi connectivity index (χ1v) is 5.32. The lowest BCUT2D eigenvalue weighted by atomic mass is 10.2. The van der Waals surface area contributed by atoms with E-state index in [0.717, 1.165) is 0 Å². The first-order valence-electron chi connectivity index (χ1n) is 4.94. The van der Waals surface area contributed by atoms with Crippen LogP contribution in [0.5, 0.6) is 0 Å². The Morgan fingerprint density at radius 2 is 2.12 bits per heavy atom. The van der Waals surface area contributed by atoms with Crippen LogP contribution in [-0.2, 0) is 4.74 Å². The van der Waals surface area contributed by atoms with Crippen molar-refractivity contribution in [1.29, 1.82) is 0 Å². The van der Waals surface area contributed by atoms with Crippen LogP contribution in [0.2, 0.25) is 5.15 Å². The number of hydrogen-bond donors (Lipinski definition) is 1. The molecule has 0 bridgehead atoms. The number of halogens is 1. The molecule has 1 aliphatic rings. The van der Waals surface area contributed by atoms with Crippen molar-refractivity contribution in [3.05, 3.63) is 33.2 Å². The van der Waals surface area contributed by atoms with Gasteiger partial charge in [0.1, 0.15) is 10.7 Å². The smallest absolute Gasteiger partial charge is 0.261 e. The fourth-order valence-corrected chi connectivity index (χ4v) is 1.81. The van der Waals surface area contributed by atoms with E-state index in [4.69, 9.17) is 16.3 Å². The van der Waals surface area contributed by atoms with Gasteiger partial charge in [0.25, 0.3) is 5.91 Å². The van der Waals surface area contributed by atoms with Gasteiger partial charge in [-0.05, 0) is 0 Å². The van der Waals surface area contributed by atoms with Gasteiger partial charge in [0, 0.05) is 25.4 Å². The molecule has 0 aliphatic carbocycles. The second-order valence-electron chi connectivity index (χ2n) is 3.44. The molecule has 0 unspecified atom stereocenters. The summed E-state index contributed by atoms with van der Waals surface area (Å²) < 4.78 is 5.13. The summed E-state index contributed by atoms with van der Waals surface area (Å²) in [5, 5.41) is 0.0870. The minimum atomic E-state index is -0.361. The number of rotatable bonds is 1. The molecule has 1 aromatic rings. The second kappa shape index (κ2) is 4.67. The van der Waals surface area contributed by atoms with Gasteiger partial charge in [-0.15, -0.1) is 0 Å². The first kappa shape index (κ1) is 11.2. The van der Waals surface area contributed by atoms with Crippen molar-refractivity contribution >= 4 is 17.5 Å². The highest BCUT2D eigenvalue weighted by atomic mass is 35.5. The number of amides is 1. The van der Waals surface area contributed by atoms with Crippen molar-refractivity contribution in [2.24, 2.45) is 0 Å². The van der Waals surface area contributed by atoms with E-state index in [0.29, 0.717) is 26.3 Å². The fourth-order valence-electron chi connectivity index (χ4n) is 1.58. The van der Waals surface area contributed by atoms with E-state index in [1.165, 1.54) is 12.3 Å². The predicted octanol–water partition coefficient (Wildman–Crippen LogP) is 0.501. The molecular formula is C10H11ClN2O3. The maximum absolute atomic E-state index is 12.0. The third kappa shape index (κ3) is 2.10. The van der Waals surface area contributed by atoms with E-state index in [1.807, 2.05) is 0 Å². The molecule has 1 N–H and O–H groups in total. The second-order valence-corrected chi connectivity index (χ2v) is 3.81. The van der Waals surface area contributed by atoms with Gasteiger partial charge < -0.3 is 14.6 Å². The molecule has 1 aliphatic heterocycles. The van der Waals surface area contributed by atoms with Gasteiger partial charge in [-0.3, -0.25) is 9.59 Å². The molecule has 6 heteroatoms. The Morgan fingerprint density at radius 3 is 2.75 bits per heavy atom. The van der Waals surface area contributed by atoms with Gasteiger partial charge in [-0.25, -0.2) is 0 Å². The van der Waals surface area contributed by atoms with Crippen LogP contribution < -0.4 is 5.43 Å². The van der Waals surface area contributed by atoms with Crippen LogP contribution >= 0.6 is 11.6 Å². The zero-order valence-corrected chi connectivity index (χ0v) is 9.29. The summed E-state index contributed by atoms with van der Waals surface area (Å²) >= 11 is 5.81. The van der Waals surface area contributed by atoms with E-state index in [2.05, 4.69) is 4.98 Å². The van der Waals surface area contributed by atoms with E-state index < -0.39 is 0 Å². The summed E-state index contributed by atoms with van der Waals surface area (Å²) in [4.78, 5) is 27.8. The maximum atomic E-state index is 12.0. The maximum Gasteiger partial charge on any atom is 0.261 e. The number of nitrogens with one attached hydrogen (secondary N) is 1. The highest BCUT2D eigenvalue weighted by Crippen LogP contribution is 2.11. The van der Waals surface area contributed by atoms with E-state index in [9.17, 15) is 9.59 Å². The van der Waals surface area contributed by atoms with Gasteiger partial charge in [-0.2, -0.15) is 0 Å². The van der Waals surface area contributed by atoms with Gasteiger partial charge >= 0.3 is 0 Å². The van der Waals surface area contributed by atoms with Gasteiger partial charge in [0.2, 0.25) is 0 Å². The largest absolute Gasteiger partial charge is 0.378 e. The van der Waals surface area contributed by atoms with Crippen molar-refractivity contribution < 1.29 is 9.53 Å². The minimum absolute atomic E-state index is 0.00562. The number of morpholine rings is 1. The zero-order valence-electron chi connectivity index (χ0n) is 8.53. The van der Waals surface area contributed by atoms with Crippen LogP contribution in [0.3, 0.4) is 0 Å². The normalized spacial score (nSPS) is 16.2. The topological polar surface area (TPSA) is 62.4 Å². The zero-order chi connectivity index (χ0) is 11.5. The minimum Gasteiger partial charge on any atom is -0.378 e. The quantitative estimate of drug-likeness (QED) is 0.730. The Labute approximate surface area is 97.0 Å². The SMILES string of the molecule is O=C(c1c(Cl)[nH]ccc1=O)N1CCOCC1. The van der Waals surface area contributed by atoms with Crippen LogP contribution in [-0.4, -0.2) is 42.1 Å². The Morgan fingerprint density at radius 1 is 1.44 bits per heavy atom. The summed E-state index contributed by atoms with van der Waals surface area (Å²) in [6.07, 6.45) is 1.42. The average molecular weight is 243 g/mol. The highest BCUT2D eigenvalue weighted by Gasteiger charge is 2.23. The number of H-pyrrole nitrogens is 1. The molecule has 16 heavy (non-hydrogen) atoms. The van der Waals surface area contributed by atoms with E-state index >= 15 is 0 Å². The summed E-state index contributed by atoms with van der Waals surface area (Å²) in [5.74, 6) is -0.338. The number of ether oxygens (including phenoxy) is 1. The van der Waals surface area contributed by atoms with Crippen molar-refractivity contribution in [3.8, 4) is 0 Å². The van der Waals surface area contributed by atoms with Gasteiger partial charge in [0.15, 0.2) is 5.43 Å². The van der Waals surface area contributed by atoms with Gasteiger partial charge in [-0.1, -0.05) is 11.6 Å². The lowest BCUT2D eigenvalue weighted by Crippen LogP contribution is -2.42. The van der Waals surface area contributed by atoms with Crippen LogP contribution in [0.25, 0.3) is 0 Å². The number of hydrogen-bond acceptors (Lipinski definition) is 3. The summed E-state index contributed by atoms with van der Waals surface area (Å²) in [6.45, 7) is 1.97. The van der Waals surface area contributed by atoms with Gasteiger partial charge in [0.05, 0.1) is 13.2 Å². The molecule has 0 saturated carbocycles. The Kier molecular flexibility index (Phi) is 3.26. The number of carbonyl (C=O) groups excluding carboxylic acids is 1. The number of pyridine rings is 1. The first-order chi connectivity index (χ1) is 7.70. The van der Waals surface area contributed by atoms with Crippen LogP contribution in [0, 0.1) is 0 Å². The highest BCUT2D eigenvalue weighted by molar-refractivity contribution is 6.32. The molecule has 5 nitrogen and oxygen atoms in total. The third-order valence-electron chi connectivity index (χ3n) is 2.42. The van der Waals surface area contributed by atoms with E-state index in [-0.39, 0.29) is 22.1 Å². The van der Waals surface area contributed by atoms with Crippen LogP contribution in [0.4, 0.5) is 0 Å². The van der Waals surface area contributed by atoms with Crippen LogP contribution in [0.1, 0.15) is 10.4 Å². The number of carbonyl (C=O) groups is 1. The molecule has 0 spiro atoms. The Hall–Kier alpha value is -1.33. The lowest BCUT2D eigenvalue weighted by Gasteiger charge is -2.26. The number of nitrogens with zero attached hydrogens (tertiary/aromatic N) is 1. The molecule has 1 amide bonds. The van der Waals surface area contributed by atoms with Crippen molar-refractivity contribution in [1.82, 2.24) is 9.88 Å². The Bertz CT molecular complexity index is 452. The monoisotopic (exact) mass is 242 g/mol. The molecule has 1 fully saturated rings. The average Bonchev–Trinajstić information content (AvgIpc) is 2.30. The molecule has 1 aromatic heterocycles. The van der Waals surface area contributed by atoms with E-state index in [1.54, 1.807) is 4.90 Å². The molecule has 0 aromatic carbocycles. The molecular weight excluding hydrogens is 232 g/mol. The summed E-state index contributed by atoms with van der Waals surface area (Å²) in [5.41, 5.74) is -0.355. The standard InChI is InChI=1S/C10H11ClN2O3/c11-9-8(7(14)1-2-12-9)10(15)13-3-5-16-6-4-13/h1-2H,3-6H2,(H,12,14). The van der Waals surface area contributed by atoms with Crippen LogP contribution in [0.15, 0.2) is 17.1 Å². The molecule has 86 valence electrons. The molecule has 0 radical (unpaired) electrons. The molecule has 0 atom stereocenters. The molecule has 1 saturated heterocycles. The number of aromatic nitrogens is 1. The van der Waals surface area contributed by atoms with Crippen molar-refractivity contribution in [2.75, 3.05) is 26.3 Å². The molecule has 2 heterocycles. The number of aromatic amines is 1.